The van der Waals surface area contributed by atoms with Crippen LogP contribution in [0.2, 0.25) is 0 Å². The molecule has 2 aliphatic rings. The molecule has 5 heteroatoms. The Kier molecular flexibility index (Phi) is 2.49. The Balaban J connectivity index is 2.10. The molecule has 0 amide bonds. The van der Waals surface area contributed by atoms with Gasteiger partial charge in [-0.2, -0.15) is 0 Å². The smallest absolute Gasteiger partial charge is 0.214 e. The molecule has 13 heavy (non-hydrogen) atoms. The maximum atomic E-state index is 6.27. The first-order chi connectivity index (χ1) is 6.08. The predicted octanol–water partition coefficient (Wildman–Crippen LogP) is 2.06. The van der Waals surface area contributed by atoms with E-state index in [2.05, 4.69) is 0 Å². The summed E-state index contributed by atoms with van der Waals surface area (Å²) >= 11 is 12.0. The van der Waals surface area contributed by atoms with Crippen LogP contribution in [0.3, 0.4) is 0 Å². The fourth-order valence-electron chi connectivity index (χ4n) is 1.75. The van der Waals surface area contributed by atoms with Crippen molar-refractivity contribution >= 4 is 23.2 Å². The Morgan fingerprint density at radius 2 is 1.92 bits per heavy atom. The lowest BCUT2D eigenvalue weighted by molar-refractivity contribution is -0.333. The zero-order valence-electron chi connectivity index (χ0n) is 7.39. The molecule has 76 valence electrons. The van der Waals surface area contributed by atoms with E-state index in [-0.39, 0.29) is 0 Å². The van der Waals surface area contributed by atoms with Gasteiger partial charge in [0.2, 0.25) is 5.79 Å². The van der Waals surface area contributed by atoms with Crippen LogP contribution in [0, 0.1) is 0 Å². The van der Waals surface area contributed by atoms with Gasteiger partial charge in [-0.05, 0) is 6.92 Å². The normalized spacial score (nSPS) is 46.4. The lowest BCUT2D eigenvalue weighted by Gasteiger charge is -2.46. The highest BCUT2D eigenvalue weighted by atomic mass is 35.5. The summed E-state index contributed by atoms with van der Waals surface area (Å²) < 4.78 is 16.3. The van der Waals surface area contributed by atoms with E-state index in [1.807, 2.05) is 0 Å². The summed E-state index contributed by atoms with van der Waals surface area (Å²) in [4.78, 5) is 0. The van der Waals surface area contributed by atoms with Crippen molar-refractivity contribution in [1.29, 1.82) is 0 Å². The van der Waals surface area contributed by atoms with Gasteiger partial charge in [0, 0.05) is 12.8 Å². The summed E-state index contributed by atoms with van der Waals surface area (Å²) in [7, 11) is 0. The van der Waals surface area contributed by atoms with Crippen molar-refractivity contribution in [3.05, 3.63) is 0 Å². The van der Waals surface area contributed by atoms with Crippen molar-refractivity contribution < 1.29 is 14.2 Å². The summed E-state index contributed by atoms with van der Waals surface area (Å²) in [6, 6.07) is 0. The molecule has 2 aliphatic heterocycles. The van der Waals surface area contributed by atoms with E-state index in [4.69, 9.17) is 37.4 Å². The molecule has 2 saturated heterocycles. The Hall–Kier alpha value is 0.460. The summed E-state index contributed by atoms with van der Waals surface area (Å²) in [6.07, 6.45) is 1.39. The summed E-state index contributed by atoms with van der Waals surface area (Å²) in [5, 5.41) is -0.896. The van der Waals surface area contributed by atoms with Gasteiger partial charge in [0.15, 0.2) is 5.06 Å². The van der Waals surface area contributed by atoms with E-state index in [1.54, 1.807) is 6.92 Å². The molecule has 2 rings (SSSR count). The summed E-state index contributed by atoms with van der Waals surface area (Å²) in [6.45, 7) is 2.97. The van der Waals surface area contributed by atoms with E-state index in [1.165, 1.54) is 0 Å². The highest BCUT2D eigenvalue weighted by Gasteiger charge is 2.62. The molecule has 0 bridgehead atoms. The van der Waals surface area contributed by atoms with Gasteiger partial charge in [-0.3, -0.25) is 0 Å². The Bertz CT molecular complexity index is 206. The van der Waals surface area contributed by atoms with E-state index < -0.39 is 16.4 Å². The molecule has 2 heterocycles. The number of ether oxygens (including phenoxy) is 3. The fourth-order valence-corrected chi connectivity index (χ4v) is 2.36. The average Bonchev–Trinajstić information content (AvgIpc) is 2.23. The Morgan fingerprint density at radius 1 is 1.31 bits per heavy atom. The van der Waals surface area contributed by atoms with Crippen LogP contribution in [-0.4, -0.2) is 29.6 Å². The third kappa shape index (κ3) is 1.47. The van der Waals surface area contributed by atoms with Gasteiger partial charge < -0.3 is 14.2 Å². The van der Waals surface area contributed by atoms with E-state index in [0.29, 0.717) is 19.6 Å². The van der Waals surface area contributed by atoms with Gasteiger partial charge in [-0.25, -0.2) is 0 Å². The quantitative estimate of drug-likeness (QED) is 0.676. The third-order valence-electron chi connectivity index (χ3n) is 2.44. The van der Waals surface area contributed by atoms with Crippen LogP contribution >= 0.6 is 23.2 Å². The topological polar surface area (TPSA) is 27.7 Å². The summed E-state index contributed by atoms with van der Waals surface area (Å²) in [5.41, 5.74) is -0.430. The average molecular weight is 227 g/mol. The number of alkyl halides is 2. The van der Waals surface area contributed by atoms with E-state index in [9.17, 15) is 0 Å². The first-order valence-corrected chi connectivity index (χ1v) is 5.18. The van der Waals surface area contributed by atoms with Crippen molar-refractivity contribution in [2.45, 2.75) is 36.2 Å². The minimum atomic E-state index is -0.896. The van der Waals surface area contributed by atoms with Crippen LogP contribution < -0.4 is 0 Å². The van der Waals surface area contributed by atoms with Gasteiger partial charge >= 0.3 is 0 Å². The second kappa shape index (κ2) is 3.24. The van der Waals surface area contributed by atoms with Gasteiger partial charge in [-0.15, -0.1) is 0 Å². The summed E-state index contributed by atoms with van der Waals surface area (Å²) in [5.74, 6) is -0.738. The highest BCUT2D eigenvalue weighted by molar-refractivity contribution is 6.24. The molecule has 3 nitrogen and oxygen atoms in total. The lowest BCUT2D eigenvalue weighted by Crippen LogP contribution is -2.58. The van der Waals surface area contributed by atoms with Crippen molar-refractivity contribution in [3.63, 3.8) is 0 Å². The zero-order valence-corrected chi connectivity index (χ0v) is 8.90. The number of hydrogen-bond donors (Lipinski definition) is 0. The van der Waals surface area contributed by atoms with Gasteiger partial charge in [0.05, 0.1) is 13.2 Å². The highest BCUT2D eigenvalue weighted by Crippen LogP contribution is 2.50. The molecule has 0 saturated carbocycles. The number of hydrogen-bond acceptors (Lipinski definition) is 3. The van der Waals surface area contributed by atoms with Crippen LogP contribution in [0.25, 0.3) is 0 Å². The standard InChI is InChI=1S/C8H12Cl2O3/c1-6(9)13-7(10)2-4-11-8(7)3-5-12-8/h6H,2-5H2,1H3. The predicted molar refractivity (Wildman–Crippen MR) is 48.9 cm³/mol. The first-order valence-electron chi connectivity index (χ1n) is 4.37. The molecular formula is C8H12Cl2O3. The molecule has 2 fully saturated rings. The second-order valence-corrected chi connectivity index (χ2v) is 4.56. The van der Waals surface area contributed by atoms with Crippen LogP contribution in [0.1, 0.15) is 19.8 Å². The van der Waals surface area contributed by atoms with E-state index >= 15 is 0 Å². The Morgan fingerprint density at radius 3 is 2.38 bits per heavy atom. The minimum absolute atomic E-state index is 0.430. The van der Waals surface area contributed by atoms with Crippen LogP contribution in [-0.2, 0) is 14.2 Å². The molecular weight excluding hydrogens is 215 g/mol. The van der Waals surface area contributed by atoms with Gasteiger partial charge in [0.1, 0.15) is 5.56 Å². The maximum Gasteiger partial charge on any atom is 0.214 e. The van der Waals surface area contributed by atoms with Gasteiger partial charge in [0.25, 0.3) is 0 Å². The minimum Gasteiger partial charge on any atom is -0.346 e. The molecule has 3 unspecified atom stereocenters. The van der Waals surface area contributed by atoms with Crippen molar-refractivity contribution in [3.8, 4) is 0 Å². The molecule has 0 aromatic carbocycles. The van der Waals surface area contributed by atoms with Crippen molar-refractivity contribution in [2.24, 2.45) is 0 Å². The monoisotopic (exact) mass is 226 g/mol. The van der Waals surface area contributed by atoms with Crippen LogP contribution in [0.15, 0.2) is 0 Å². The third-order valence-corrected chi connectivity index (χ3v) is 3.10. The van der Waals surface area contributed by atoms with Gasteiger partial charge in [-0.1, -0.05) is 23.2 Å². The molecule has 0 aromatic heterocycles. The molecule has 0 N–H and O–H groups in total. The molecule has 1 spiro atoms. The number of halogens is 2. The van der Waals surface area contributed by atoms with E-state index in [0.717, 1.165) is 6.42 Å². The van der Waals surface area contributed by atoms with Crippen molar-refractivity contribution in [1.82, 2.24) is 0 Å². The maximum absolute atomic E-state index is 6.27. The Labute approximate surface area is 87.2 Å². The van der Waals surface area contributed by atoms with Crippen molar-refractivity contribution in [2.75, 3.05) is 13.2 Å². The molecule has 3 atom stereocenters. The number of rotatable bonds is 2. The van der Waals surface area contributed by atoms with Crippen LogP contribution in [0.5, 0.6) is 0 Å². The molecule has 0 radical (unpaired) electrons. The fraction of sp³-hybridized carbons (Fsp3) is 1.00. The first kappa shape index (κ1) is 9.99. The van der Waals surface area contributed by atoms with Crippen LogP contribution in [0.4, 0.5) is 0 Å². The zero-order chi connectivity index (χ0) is 9.53. The second-order valence-electron chi connectivity index (χ2n) is 3.34. The molecule has 0 aromatic rings. The molecule has 0 aliphatic carbocycles. The largest absolute Gasteiger partial charge is 0.346 e. The SMILES string of the molecule is CC(Cl)OC1(Cl)CCOC12CCO2. The lowest BCUT2D eigenvalue weighted by atomic mass is 10.0.